The fourth-order valence-corrected chi connectivity index (χ4v) is 2.24. The Morgan fingerprint density at radius 1 is 1.44 bits per heavy atom. The Kier molecular flexibility index (Phi) is 8.77. The van der Waals surface area contributed by atoms with Gasteiger partial charge in [0, 0.05) is 12.0 Å². The van der Waals surface area contributed by atoms with E-state index in [-0.39, 0.29) is 24.2 Å². The fraction of sp³-hybridized carbons (Fsp3) is 0.643. The van der Waals surface area contributed by atoms with Gasteiger partial charge in [0.2, 0.25) is 5.91 Å². The molecule has 3 nitrogen and oxygen atoms in total. The molecule has 0 radical (unpaired) electrons. The van der Waals surface area contributed by atoms with E-state index in [1.165, 1.54) is 0 Å². The number of halogens is 1. The van der Waals surface area contributed by atoms with Crippen LogP contribution in [0.5, 0.6) is 0 Å². The van der Waals surface area contributed by atoms with E-state index in [0.717, 1.165) is 32.4 Å². The van der Waals surface area contributed by atoms with Crippen LogP contribution >= 0.6 is 12.4 Å². The minimum Gasteiger partial charge on any atom is -0.353 e. The van der Waals surface area contributed by atoms with E-state index in [1.807, 2.05) is 0 Å². The summed E-state index contributed by atoms with van der Waals surface area (Å²) >= 11 is 0. The average Bonchev–Trinajstić information content (AvgIpc) is 2.32. The molecule has 0 aromatic carbocycles. The van der Waals surface area contributed by atoms with Crippen LogP contribution in [0.25, 0.3) is 0 Å². The van der Waals surface area contributed by atoms with Crippen LogP contribution in [0.1, 0.15) is 26.2 Å². The second-order valence-corrected chi connectivity index (χ2v) is 4.83. The number of amides is 1. The number of hydrogen-bond acceptors (Lipinski definition) is 2. The van der Waals surface area contributed by atoms with Crippen molar-refractivity contribution in [3.8, 4) is 0 Å². The highest BCUT2D eigenvalue weighted by molar-refractivity contribution is 5.85. The molecule has 104 valence electrons. The quantitative estimate of drug-likeness (QED) is 0.729. The standard InChI is InChI=1S/C14H24N2O.ClH/c1-4-6-12(7-5-2)14(17)16-13-8-9-15-10-11(13)3;/h4-5,11-13,15H,1-2,6-10H2,3H3,(H,16,17);1H. The molecule has 1 amide bonds. The van der Waals surface area contributed by atoms with Crippen LogP contribution in [0.3, 0.4) is 0 Å². The van der Waals surface area contributed by atoms with Gasteiger partial charge in [-0.25, -0.2) is 0 Å². The molecule has 2 atom stereocenters. The Hall–Kier alpha value is -0.800. The maximum absolute atomic E-state index is 12.1. The Bertz CT molecular complexity index is 271. The molecule has 0 bridgehead atoms. The molecule has 1 aliphatic heterocycles. The molecular weight excluding hydrogens is 248 g/mol. The van der Waals surface area contributed by atoms with Gasteiger partial charge in [-0.15, -0.1) is 25.6 Å². The van der Waals surface area contributed by atoms with Crippen molar-refractivity contribution in [1.82, 2.24) is 10.6 Å². The molecule has 0 spiro atoms. The predicted octanol–water partition coefficient (Wildman–Crippen LogP) is 2.29. The Morgan fingerprint density at radius 2 is 2.06 bits per heavy atom. The minimum atomic E-state index is -0.00733. The summed E-state index contributed by atoms with van der Waals surface area (Å²) in [5, 5.41) is 6.50. The molecule has 4 heteroatoms. The van der Waals surface area contributed by atoms with E-state index in [4.69, 9.17) is 0 Å². The Labute approximate surface area is 117 Å². The SMILES string of the molecule is C=CCC(CC=C)C(=O)NC1CCNCC1C.Cl. The lowest BCUT2D eigenvalue weighted by molar-refractivity contribution is -0.126. The third kappa shape index (κ3) is 5.23. The third-order valence-electron chi connectivity index (χ3n) is 3.39. The van der Waals surface area contributed by atoms with Gasteiger partial charge in [0.05, 0.1) is 0 Å². The number of rotatable bonds is 6. The second-order valence-electron chi connectivity index (χ2n) is 4.83. The summed E-state index contributed by atoms with van der Waals surface area (Å²) in [6, 6.07) is 0.306. The molecular formula is C14H25ClN2O. The van der Waals surface area contributed by atoms with Crippen molar-refractivity contribution >= 4 is 18.3 Å². The van der Waals surface area contributed by atoms with E-state index >= 15 is 0 Å². The van der Waals surface area contributed by atoms with Gasteiger partial charge in [-0.2, -0.15) is 0 Å². The summed E-state index contributed by atoms with van der Waals surface area (Å²) < 4.78 is 0. The molecule has 0 aromatic heterocycles. The lowest BCUT2D eigenvalue weighted by Crippen LogP contribution is -2.49. The number of carbonyl (C=O) groups excluding carboxylic acids is 1. The largest absolute Gasteiger partial charge is 0.353 e. The number of allylic oxidation sites excluding steroid dienone is 2. The van der Waals surface area contributed by atoms with Crippen molar-refractivity contribution in [2.45, 2.75) is 32.2 Å². The van der Waals surface area contributed by atoms with E-state index in [1.54, 1.807) is 12.2 Å². The Balaban J connectivity index is 0.00000289. The number of nitrogens with one attached hydrogen (secondary N) is 2. The molecule has 1 fully saturated rings. The normalized spacial score (nSPS) is 23.0. The second kappa shape index (κ2) is 9.17. The van der Waals surface area contributed by atoms with Crippen molar-refractivity contribution in [2.24, 2.45) is 11.8 Å². The van der Waals surface area contributed by atoms with Crippen LogP contribution in [0.4, 0.5) is 0 Å². The van der Waals surface area contributed by atoms with E-state index in [9.17, 15) is 4.79 Å². The minimum absolute atomic E-state index is 0. The van der Waals surface area contributed by atoms with Gasteiger partial charge >= 0.3 is 0 Å². The zero-order valence-corrected chi connectivity index (χ0v) is 12.0. The highest BCUT2D eigenvalue weighted by atomic mass is 35.5. The first-order valence-electron chi connectivity index (χ1n) is 6.42. The lowest BCUT2D eigenvalue weighted by atomic mass is 9.93. The zero-order chi connectivity index (χ0) is 12.7. The molecule has 1 aliphatic rings. The van der Waals surface area contributed by atoms with Crippen molar-refractivity contribution < 1.29 is 4.79 Å². The molecule has 2 unspecified atom stereocenters. The van der Waals surface area contributed by atoms with Gasteiger partial charge in [0.25, 0.3) is 0 Å². The van der Waals surface area contributed by atoms with Crippen LogP contribution in [0.2, 0.25) is 0 Å². The van der Waals surface area contributed by atoms with Gasteiger partial charge in [0.15, 0.2) is 0 Å². The lowest BCUT2D eigenvalue weighted by Gasteiger charge is -2.31. The molecule has 18 heavy (non-hydrogen) atoms. The van der Waals surface area contributed by atoms with Gasteiger partial charge < -0.3 is 10.6 Å². The Morgan fingerprint density at radius 3 is 2.56 bits per heavy atom. The summed E-state index contributed by atoms with van der Waals surface area (Å²) in [7, 11) is 0. The summed E-state index contributed by atoms with van der Waals surface area (Å²) in [4.78, 5) is 12.1. The highest BCUT2D eigenvalue weighted by Crippen LogP contribution is 2.14. The summed E-state index contributed by atoms with van der Waals surface area (Å²) in [5.41, 5.74) is 0. The fourth-order valence-electron chi connectivity index (χ4n) is 2.24. The van der Waals surface area contributed by atoms with Crippen LogP contribution < -0.4 is 10.6 Å². The van der Waals surface area contributed by atoms with Gasteiger partial charge in [-0.1, -0.05) is 19.1 Å². The molecule has 1 heterocycles. The van der Waals surface area contributed by atoms with Crippen molar-refractivity contribution in [3.63, 3.8) is 0 Å². The molecule has 1 saturated heterocycles. The van der Waals surface area contributed by atoms with Crippen molar-refractivity contribution in [1.29, 1.82) is 0 Å². The maximum Gasteiger partial charge on any atom is 0.223 e. The van der Waals surface area contributed by atoms with Crippen LogP contribution in [-0.2, 0) is 4.79 Å². The van der Waals surface area contributed by atoms with Gasteiger partial charge in [-0.05, 0) is 38.3 Å². The van der Waals surface area contributed by atoms with Gasteiger partial charge in [-0.3, -0.25) is 4.79 Å². The summed E-state index contributed by atoms with van der Waals surface area (Å²) in [6.07, 6.45) is 6.06. The smallest absolute Gasteiger partial charge is 0.223 e. The zero-order valence-electron chi connectivity index (χ0n) is 11.2. The van der Waals surface area contributed by atoms with E-state index in [0.29, 0.717) is 12.0 Å². The van der Waals surface area contributed by atoms with E-state index in [2.05, 4.69) is 30.7 Å². The first kappa shape index (κ1) is 17.2. The topological polar surface area (TPSA) is 41.1 Å². The highest BCUT2D eigenvalue weighted by Gasteiger charge is 2.25. The predicted molar refractivity (Wildman–Crippen MR) is 78.9 cm³/mol. The first-order chi connectivity index (χ1) is 8.19. The summed E-state index contributed by atoms with van der Waals surface area (Å²) in [6.45, 7) is 11.6. The average molecular weight is 273 g/mol. The van der Waals surface area contributed by atoms with Crippen LogP contribution in [0.15, 0.2) is 25.3 Å². The van der Waals surface area contributed by atoms with Crippen LogP contribution in [-0.4, -0.2) is 25.0 Å². The molecule has 0 aliphatic carbocycles. The first-order valence-corrected chi connectivity index (χ1v) is 6.42. The van der Waals surface area contributed by atoms with Gasteiger partial charge in [0.1, 0.15) is 0 Å². The van der Waals surface area contributed by atoms with Crippen molar-refractivity contribution in [3.05, 3.63) is 25.3 Å². The number of hydrogen-bond donors (Lipinski definition) is 2. The number of piperidine rings is 1. The van der Waals surface area contributed by atoms with E-state index < -0.39 is 0 Å². The number of carbonyl (C=O) groups is 1. The molecule has 0 aromatic rings. The molecule has 0 saturated carbocycles. The van der Waals surface area contributed by atoms with Crippen LogP contribution in [0, 0.1) is 11.8 Å². The monoisotopic (exact) mass is 272 g/mol. The molecule has 1 rings (SSSR count). The maximum atomic E-state index is 12.1. The summed E-state index contributed by atoms with van der Waals surface area (Å²) in [5.74, 6) is 0.636. The molecule has 2 N–H and O–H groups in total. The third-order valence-corrected chi connectivity index (χ3v) is 3.39. The van der Waals surface area contributed by atoms with Crippen molar-refractivity contribution in [2.75, 3.05) is 13.1 Å².